The van der Waals surface area contributed by atoms with Crippen molar-refractivity contribution in [2.75, 3.05) is 10.2 Å². The fraction of sp³-hybridized carbons (Fsp3) is 0.318. The van der Waals surface area contributed by atoms with E-state index in [4.69, 9.17) is 0 Å². The molecule has 27 heavy (non-hydrogen) atoms. The Labute approximate surface area is 159 Å². The number of para-hydroxylation sites is 2. The number of pyridine rings is 1. The van der Waals surface area contributed by atoms with E-state index in [1.807, 2.05) is 36.4 Å². The molecule has 0 fully saturated rings. The summed E-state index contributed by atoms with van der Waals surface area (Å²) in [6.07, 6.45) is 4.66. The maximum Gasteiger partial charge on any atom is 0.224 e. The number of carbonyl (C=O) groups is 2. The van der Waals surface area contributed by atoms with E-state index in [1.165, 1.54) is 0 Å². The Bertz CT molecular complexity index is 947. The summed E-state index contributed by atoms with van der Waals surface area (Å²) in [6.45, 7) is 5.76. The Morgan fingerprint density at radius 3 is 2.67 bits per heavy atom. The maximum atomic E-state index is 13.2. The Morgan fingerprint density at radius 2 is 1.96 bits per heavy atom. The Kier molecular flexibility index (Phi) is 4.10. The number of carbonyl (C=O) groups excluding carboxylic acids is 2. The smallest absolute Gasteiger partial charge is 0.224 e. The summed E-state index contributed by atoms with van der Waals surface area (Å²) in [5.74, 6) is -0.0221. The van der Waals surface area contributed by atoms with E-state index in [2.05, 4.69) is 24.1 Å². The van der Waals surface area contributed by atoms with Gasteiger partial charge in [0.15, 0.2) is 5.78 Å². The van der Waals surface area contributed by atoms with E-state index in [0.717, 1.165) is 29.1 Å². The highest BCUT2D eigenvalue weighted by molar-refractivity contribution is 6.05. The molecule has 138 valence electrons. The number of benzene rings is 1. The number of hydrogen-bond donors (Lipinski definition) is 1. The van der Waals surface area contributed by atoms with Gasteiger partial charge >= 0.3 is 0 Å². The molecule has 0 spiro atoms. The van der Waals surface area contributed by atoms with E-state index in [1.54, 1.807) is 24.2 Å². The SMILES string of the molecule is CC(=O)N1c2ccccc2NC2=C(C(=O)CC(C)(C)C2)C1c1cccnc1. The topological polar surface area (TPSA) is 62.3 Å². The van der Waals surface area contributed by atoms with Crippen LogP contribution in [0.25, 0.3) is 0 Å². The van der Waals surface area contributed by atoms with Crippen LogP contribution in [0.1, 0.15) is 45.2 Å². The predicted molar refractivity (Wildman–Crippen MR) is 105 cm³/mol. The van der Waals surface area contributed by atoms with Crippen molar-refractivity contribution in [2.45, 2.75) is 39.7 Å². The lowest BCUT2D eigenvalue weighted by Gasteiger charge is -2.36. The highest BCUT2D eigenvalue weighted by Gasteiger charge is 2.42. The number of hydrogen-bond acceptors (Lipinski definition) is 4. The van der Waals surface area contributed by atoms with Gasteiger partial charge in [-0.05, 0) is 35.6 Å². The number of aromatic nitrogens is 1. The summed E-state index contributed by atoms with van der Waals surface area (Å²) in [6, 6.07) is 11.0. The number of Topliss-reactive ketones (excluding diaryl/α,β-unsaturated/α-hetero) is 1. The number of fused-ring (bicyclic) bond motifs is 1. The van der Waals surface area contributed by atoms with Crippen molar-refractivity contribution in [1.29, 1.82) is 0 Å². The first kappa shape index (κ1) is 17.5. The van der Waals surface area contributed by atoms with Gasteiger partial charge in [0.1, 0.15) is 0 Å². The molecule has 0 saturated heterocycles. The van der Waals surface area contributed by atoms with Crippen molar-refractivity contribution < 1.29 is 9.59 Å². The maximum absolute atomic E-state index is 13.2. The van der Waals surface area contributed by atoms with E-state index in [9.17, 15) is 9.59 Å². The molecule has 1 aliphatic heterocycles. The number of nitrogens with zero attached hydrogens (tertiary/aromatic N) is 2. The highest BCUT2D eigenvalue weighted by Crippen LogP contribution is 2.48. The zero-order valence-corrected chi connectivity index (χ0v) is 15.8. The summed E-state index contributed by atoms with van der Waals surface area (Å²) in [5, 5.41) is 3.48. The van der Waals surface area contributed by atoms with Gasteiger partial charge in [0, 0.05) is 37.0 Å². The lowest BCUT2D eigenvalue weighted by Crippen LogP contribution is -2.38. The Morgan fingerprint density at radius 1 is 1.19 bits per heavy atom. The van der Waals surface area contributed by atoms with Gasteiger partial charge < -0.3 is 5.32 Å². The number of nitrogens with one attached hydrogen (secondary N) is 1. The van der Waals surface area contributed by atoms with Crippen LogP contribution in [-0.4, -0.2) is 16.7 Å². The average Bonchev–Trinajstić information content (AvgIpc) is 2.75. The summed E-state index contributed by atoms with van der Waals surface area (Å²) >= 11 is 0. The molecule has 1 aliphatic carbocycles. The zero-order valence-electron chi connectivity index (χ0n) is 15.8. The first-order valence-corrected chi connectivity index (χ1v) is 9.19. The lowest BCUT2D eigenvalue weighted by atomic mass is 9.73. The van der Waals surface area contributed by atoms with Crippen LogP contribution in [0.4, 0.5) is 11.4 Å². The summed E-state index contributed by atoms with van der Waals surface area (Å²) in [5.41, 5.74) is 3.92. The lowest BCUT2D eigenvalue weighted by molar-refractivity contribution is -0.118. The van der Waals surface area contributed by atoms with Gasteiger partial charge in [-0.2, -0.15) is 0 Å². The largest absolute Gasteiger partial charge is 0.357 e. The minimum atomic E-state index is -0.481. The first-order chi connectivity index (χ1) is 12.9. The molecule has 0 bridgehead atoms. The van der Waals surface area contributed by atoms with Gasteiger partial charge in [0.25, 0.3) is 0 Å². The van der Waals surface area contributed by atoms with E-state index >= 15 is 0 Å². The van der Waals surface area contributed by atoms with E-state index in [-0.39, 0.29) is 17.1 Å². The second-order valence-electron chi connectivity index (χ2n) is 8.05. The standard InChI is InChI=1S/C22H23N3O2/c1-14(26)25-18-9-5-4-8-16(18)24-17-11-22(2,3)12-19(27)20(17)21(25)15-7-6-10-23-13-15/h4-10,13,21,24H,11-12H2,1-3H3. The number of ketones is 1. The Hall–Kier alpha value is -2.95. The van der Waals surface area contributed by atoms with Crippen molar-refractivity contribution in [3.8, 4) is 0 Å². The zero-order chi connectivity index (χ0) is 19.2. The third kappa shape index (κ3) is 3.03. The molecule has 4 rings (SSSR count). The molecule has 0 saturated carbocycles. The van der Waals surface area contributed by atoms with Gasteiger partial charge in [-0.1, -0.05) is 32.0 Å². The Balaban J connectivity index is 2.01. The second kappa shape index (κ2) is 6.34. The van der Waals surface area contributed by atoms with Crippen LogP contribution in [0.5, 0.6) is 0 Å². The predicted octanol–water partition coefficient (Wildman–Crippen LogP) is 4.24. The van der Waals surface area contributed by atoms with Crippen LogP contribution in [0, 0.1) is 5.41 Å². The number of anilines is 2. The summed E-state index contributed by atoms with van der Waals surface area (Å²) < 4.78 is 0. The molecule has 1 unspecified atom stereocenters. The molecule has 5 heteroatoms. The average molecular weight is 361 g/mol. The molecular weight excluding hydrogens is 338 g/mol. The molecule has 1 N–H and O–H groups in total. The van der Waals surface area contributed by atoms with Crippen molar-refractivity contribution in [3.05, 3.63) is 65.6 Å². The normalized spacial score (nSPS) is 21.1. The molecule has 2 aliphatic rings. The second-order valence-corrected chi connectivity index (χ2v) is 8.05. The van der Waals surface area contributed by atoms with Crippen LogP contribution in [-0.2, 0) is 9.59 Å². The van der Waals surface area contributed by atoms with Gasteiger partial charge in [0.2, 0.25) is 5.91 Å². The van der Waals surface area contributed by atoms with Gasteiger partial charge in [-0.3, -0.25) is 19.5 Å². The molecule has 0 radical (unpaired) electrons. The summed E-state index contributed by atoms with van der Waals surface area (Å²) in [7, 11) is 0. The van der Waals surface area contributed by atoms with Crippen molar-refractivity contribution in [1.82, 2.24) is 4.98 Å². The van der Waals surface area contributed by atoms with Crippen LogP contribution >= 0.6 is 0 Å². The molecule has 1 amide bonds. The van der Waals surface area contributed by atoms with Gasteiger partial charge in [-0.15, -0.1) is 0 Å². The molecule has 5 nitrogen and oxygen atoms in total. The quantitative estimate of drug-likeness (QED) is 0.825. The molecule has 2 aromatic rings. The number of allylic oxidation sites excluding steroid dienone is 1. The monoisotopic (exact) mass is 361 g/mol. The number of amides is 1. The van der Waals surface area contributed by atoms with E-state index in [0.29, 0.717) is 12.0 Å². The van der Waals surface area contributed by atoms with Crippen molar-refractivity contribution in [3.63, 3.8) is 0 Å². The van der Waals surface area contributed by atoms with Crippen molar-refractivity contribution in [2.24, 2.45) is 5.41 Å². The fourth-order valence-electron chi connectivity index (χ4n) is 4.19. The molecule has 1 atom stereocenters. The fourth-order valence-corrected chi connectivity index (χ4v) is 4.19. The van der Waals surface area contributed by atoms with Crippen LogP contribution in [0.2, 0.25) is 0 Å². The molecule has 1 aromatic heterocycles. The molecule has 2 heterocycles. The summed E-state index contributed by atoms with van der Waals surface area (Å²) in [4.78, 5) is 32.0. The minimum Gasteiger partial charge on any atom is -0.357 e. The third-order valence-corrected chi connectivity index (χ3v) is 5.24. The van der Waals surface area contributed by atoms with Crippen LogP contribution in [0.3, 0.4) is 0 Å². The van der Waals surface area contributed by atoms with E-state index < -0.39 is 6.04 Å². The molecular formula is C22H23N3O2. The third-order valence-electron chi connectivity index (χ3n) is 5.24. The molecule has 1 aromatic carbocycles. The van der Waals surface area contributed by atoms with Gasteiger partial charge in [-0.25, -0.2) is 0 Å². The van der Waals surface area contributed by atoms with Gasteiger partial charge in [0.05, 0.1) is 17.4 Å². The number of rotatable bonds is 1. The van der Waals surface area contributed by atoms with Crippen LogP contribution in [0.15, 0.2) is 60.1 Å². The van der Waals surface area contributed by atoms with Crippen molar-refractivity contribution >= 4 is 23.1 Å². The first-order valence-electron chi connectivity index (χ1n) is 9.19. The van der Waals surface area contributed by atoms with Crippen LogP contribution < -0.4 is 10.2 Å². The highest BCUT2D eigenvalue weighted by atomic mass is 16.2. The minimum absolute atomic E-state index is 0.0849.